The van der Waals surface area contributed by atoms with E-state index in [0.29, 0.717) is 0 Å². The lowest BCUT2D eigenvalue weighted by Crippen LogP contribution is -1.98. The fourth-order valence-electron chi connectivity index (χ4n) is 2.32. The summed E-state index contributed by atoms with van der Waals surface area (Å²) in [5.74, 6) is -0.938. The first-order valence-electron chi connectivity index (χ1n) is 6.08. The SMILES string of the molecule is Cc1ccc(-c2c(C(=O)O)[nH]c3ccccc23)cc1. The number of hydrogen-bond acceptors (Lipinski definition) is 1. The monoisotopic (exact) mass is 251 g/mol. The van der Waals surface area contributed by atoms with Crippen molar-refractivity contribution in [1.82, 2.24) is 4.98 Å². The second-order valence-electron chi connectivity index (χ2n) is 4.59. The second kappa shape index (κ2) is 4.28. The number of carboxylic acids is 1. The maximum absolute atomic E-state index is 11.4. The molecular formula is C16H13NO2. The standard InChI is InChI=1S/C16H13NO2/c1-10-6-8-11(9-7-10)14-12-4-2-3-5-13(12)17-15(14)16(18)19/h2-9,17H,1H3,(H,18,19). The molecule has 0 spiro atoms. The summed E-state index contributed by atoms with van der Waals surface area (Å²) >= 11 is 0. The summed E-state index contributed by atoms with van der Waals surface area (Å²) in [5, 5.41) is 10.3. The number of carbonyl (C=O) groups is 1. The molecule has 0 unspecified atom stereocenters. The van der Waals surface area contributed by atoms with Crippen LogP contribution in [-0.4, -0.2) is 16.1 Å². The zero-order chi connectivity index (χ0) is 13.4. The zero-order valence-electron chi connectivity index (χ0n) is 10.5. The van der Waals surface area contributed by atoms with Crippen LogP contribution in [0.3, 0.4) is 0 Å². The number of aryl methyl sites for hydroxylation is 1. The molecule has 19 heavy (non-hydrogen) atoms. The van der Waals surface area contributed by atoms with Gasteiger partial charge in [0, 0.05) is 16.5 Å². The van der Waals surface area contributed by atoms with Gasteiger partial charge in [-0.15, -0.1) is 0 Å². The summed E-state index contributed by atoms with van der Waals surface area (Å²) < 4.78 is 0. The summed E-state index contributed by atoms with van der Waals surface area (Å²) in [6.45, 7) is 2.01. The number of nitrogens with one attached hydrogen (secondary N) is 1. The van der Waals surface area contributed by atoms with Gasteiger partial charge < -0.3 is 10.1 Å². The number of carboxylic acid groups (broad SMARTS) is 1. The van der Waals surface area contributed by atoms with E-state index in [-0.39, 0.29) is 5.69 Å². The van der Waals surface area contributed by atoms with Gasteiger partial charge >= 0.3 is 5.97 Å². The molecule has 0 radical (unpaired) electrons. The molecule has 0 saturated heterocycles. The van der Waals surface area contributed by atoms with E-state index < -0.39 is 5.97 Å². The normalized spacial score (nSPS) is 10.8. The van der Waals surface area contributed by atoms with Gasteiger partial charge in [-0.2, -0.15) is 0 Å². The number of hydrogen-bond donors (Lipinski definition) is 2. The van der Waals surface area contributed by atoms with E-state index in [1.807, 2.05) is 55.5 Å². The predicted molar refractivity (Wildman–Crippen MR) is 75.4 cm³/mol. The average Bonchev–Trinajstić information content (AvgIpc) is 2.79. The Balaban J connectivity index is 2.34. The van der Waals surface area contributed by atoms with Gasteiger partial charge in [-0.3, -0.25) is 0 Å². The molecule has 3 nitrogen and oxygen atoms in total. The van der Waals surface area contributed by atoms with Crippen LogP contribution >= 0.6 is 0 Å². The Kier molecular flexibility index (Phi) is 2.60. The van der Waals surface area contributed by atoms with Crippen molar-refractivity contribution in [2.24, 2.45) is 0 Å². The topological polar surface area (TPSA) is 53.1 Å². The molecule has 0 amide bonds. The van der Waals surface area contributed by atoms with Crippen molar-refractivity contribution in [3.05, 3.63) is 59.8 Å². The third kappa shape index (κ3) is 1.89. The number of aromatic nitrogens is 1. The van der Waals surface area contributed by atoms with Crippen LogP contribution in [0.5, 0.6) is 0 Å². The molecule has 2 aromatic carbocycles. The van der Waals surface area contributed by atoms with Crippen molar-refractivity contribution in [3.63, 3.8) is 0 Å². The minimum Gasteiger partial charge on any atom is -0.477 e. The second-order valence-corrected chi connectivity index (χ2v) is 4.59. The molecule has 0 aliphatic carbocycles. The van der Waals surface area contributed by atoms with Gasteiger partial charge in [0.1, 0.15) is 5.69 Å². The molecule has 3 aromatic rings. The number of aromatic carboxylic acids is 1. The molecule has 1 aromatic heterocycles. The van der Waals surface area contributed by atoms with Crippen LogP contribution in [0.1, 0.15) is 16.1 Å². The first-order chi connectivity index (χ1) is 9.16. The van der Waals surface area contributed by atoms with E-state index in [1.54, 1.807) is 0 Å². The third-order valence-corrected chi connectivity index (χ3v) is 3.26. The molecule has 0 saturated carbocycles. The minimum atomic E-state index is -0.938. The lowest BCUT2D eigenvalue weighted by molar-refractivity contribution is 0.0692. The van der Waals surface area contributed by atoms with E-state index in [1.165, 1.54) is 0 Å². The van der Waals surface area contributed by atoms with Gasteiger partial charge in [-0.25, -0.2) is 4.79 Å². The lowest BCUT2D eigenvalue weighted by atomic mass is 10.0. The highest BCUT2D eigenvalue weighted by Crippen LogP contribution is 2.32. The van der Waals surface area contributed by atoms with Crippen LogP contribution in [0.15, 0.2) is 48.5 Å². The van der Waals surface area contributed by atoms with Crippen molar-refractivity contribution in [1.29, 1.82) is 0 Å². The summed E-state index contributed by atoms with van der Waals surface area (Å²) in [6.07, 6.45) is 0. The van der Waals surface area contributed by atoms with Crippen molar-refractivity contribution < 1.29 is 9.90 Å². The summed E-state index contributed by atoms with van der Waals surface area (Å²) in [5.41, 5.74) is 3.91. The molecule has 0 atom stereocenters. The highest BCUT2D eigenvalue weighted by Gasteiger charge is 2.17. The maximum atomic E-state index is 11.4. The Morgan fingerprint density at radius 3 is 2.42 bits per heavy atom. The fourth-order valence-corrected chi connectivity index (χ4v) is 2.32. The quantitative estimate of drug-likeness (QED) is 0.727. The smallest absolute Gasteiger partial charge is 0.352 e. The molecule has 3 heteroatoms. The van der Waals surface area contributed by atoms with Crippen LogP contribution in [-0.2, 0) is 0 Å². The number of rotatable bonds is 2. The Morgan fingerprint density at radius 2 is 1.74 bits per heavy atom. The highest BCUT2D eigenvalue weighted by molar-refractivity contribution is 6.07. The van der Waals surface area contributed by atoms with E-state index >= 15 is 0 Å². The number of benzene rings is 2. The Labute approximate surface area is 110 Å². The van der Waals surface area contributed by atoms with Crippen molar-refractivity contribution in [2.45, 2.75) is 6.92 Å². The van der Waals surface area contributed by atoms with Gasteiger partial charge in [-0.1, -0.05) is 48.0 Å². The van der Waals surface area contributed by atoms with Crippen molar-refractivity contribution >= 4 is 16.9 Å². The van der Waals surface area contributed by atoms with Gasteiger partial charge in [0.05, 0.1) is 0 Å². The van der Waals surface area contributed by atoms with Gasteiger partial charge in [0.25, 0.3) is 0 Å². The maximum Gasteiger partial charge on any atom is 0.352 e. The van der Waals surface area contributed by atoms with Gasteiger partial charge in [-0.05, 0) is 18.6 Å². The van der Waals surface area contributed by atoms with E-state index in [0.717, 1.165) is 27.6 Å². The van der Waals surface area contributed by atoms with E-state index in [4.69, 9.17) is 0 Å². The fraction of sp³-hybridized carbons (Fsp3) is 0.0625. The number of fused-ring (bicyclic) bond motifs is 1. The average molecular weight is 251 g/mol. The molecule has 2 N–H and O–H groups in total. The molecule has 3 rings (SSSR count). The van der Waals surface area contributed by atoms with Gasteiger partial charge in [0.2, 0.25) is 0 Å². The summed E-state index contributed by atoms with van der Waals surface area (Å²) in [4.78, 5) is 14.4. The number of H-pyrrole nitrogens is 1. The number of aromatic amines is 1. The highest BCUT2D eigenvalue weighted by atomic mass is 16.4. The predicted octanol–water partition coefficient (Wildman–Crippen LogP) is 3.84. The third-order valence-electron chi connectivity index (χ3n) is 3.26. The first kappa shape index (κ1) is 11.5. The molecule has 0 aliphatic heterocycles. The molecule has 0 bridgehead atoms. The zero-order valence-corrected chi connectivity index (χ0v) is 10.5. The Morgan fingerprint density at radius 1 is 1.05 bits per heavy atom. The van der Waals surface area contributed by atoms with Crippen LogP contribution in [0.25, 0.3) is 22.0 Å². The first-order valence-corrected chi connectivity index (χ1v) is 6.08. The van der Waals surface area contributed by atoms with Crippen LogP contribution < -0.4 is 0 Å². The minimum absolute atomic E-state index is 0.241. The van der Waals surface area contributed by atoms with E-state index in [2.05, 4.69) is 4.98 Å². The Bertz CT molecular complexity index is 754. The summed E-state index contributed by atoms with van der Waals surface area (Å²) in [7, 11) is 0. The molecule has 0 fully saturated rings. The van der Waals surface area contributed by atoms with E-state index in [9.17, 15) is 9.90 Å². The Hall–Kier alpha value is -2.55. The van der Waals surface area contributed by atoms with Gasteiger partial charge in [0.15, 0.2) is 0 Å². The largest absolute Gasteiger partial charge is 0.477 e. The lowest BCUT2D eigenvalue weighted by Gasteiger charge is -2.02. The van der Waals surface area contributed by atoms with Crippen LogP contribution in [0.2, 0.25) is 0 Å². The molecule has 0 aliphatic rings. The van der Waals surface area contributed by atoms with Crippen molar-refractivity contribution in [3.8, 4) is 11.1 Å². The molecule has 1 heterocycles. The number of para-hydroxylation sites is 1. The summed E-state index contributed by atoms with van der Waals surface area (Å²) in [6, 6.07) is 15.5. The van der Waals surface area contributed by atoms with Crippen LogP contribution in [0.4, 0.5) is 0 Å². The van der Waals surface area contributed by atoms with Crippen LogP contribution in [0, 0.1) is 6.92 Å². The molecular weight excluding hydrogens is 238 g/mol. The van der Waals surface area contributed by atoms with Crippen molar-refractivity contribution in [2.75, 3.05) is 0 Å². The molecule has 94 valence electrons.